The molecule has 0 fully saturated rings. The van der Waals surface area contributed by atoms with Crippen LogP contribution < -0.4 is 0 Å². The zero-order valence-corrected chi connectivity index (χ0v) is 20.5. The number of hydrogen-bond acceptors (Lipinski definition) is 8. The highest BCUT2D eigenvalue weighted by Gasteiger charge is 2.20. The molecule has 0 aliphatic rings. The van der Waals surface area contributed by atoms with Gasteiger partial charge in [0.2, 0.25) is 0 Å². The van der Waals surface area contributed by atoms with E-state index >= 15 is 0 Å². The van der Waals surface area contributed by atoms with Crippen LogP contribution in [0.1, 0.15) is 29.7 Å². The summed E-state index contributed by atoms with van der Waals surface area (Å²) in [7, 11) is -8.16. The fourth-order valence-electron chi connectivity index (χ4n) is 2.89. The molecule has 1 atom stereocenters. The molecular formula is C22H30O9S2. The molecule has 0 amide bonds. The van der Waals surface area contributed by atoms with Crippen LogP contribution in [0.5, 0.6) is 0 Å². The van der Waals surface area contributed by atoms with Crippen LogP contribution in [0.15, 0.2) is 52.3 Å². The molecule has 0 saturated carbocycles. The van der Waals surface area contributed by atoms with Gasteiger partial charge in [-0.2, -0.15) is 16.8 Å². The van der Waals surface area contributed by atoms with E-state index in [4.69, 9.17) is 18.4 Å². The van der Waals surface area contributed by atoms with Crippen LogP contribution in [0, 0.1) is 13.8 Å². The second-order valence-electron chi connectivity index (χ2n) is 7.34. The predicted octanol–water partition coefficient (Wildman–Crippen LogP) is 3.07. The maximum Gasteiger partial charge on any atom is 0.297 e. The molecule has 0 saturated heterocycles. The van der Waals surface area contributed by atoms with E-state index in [9.17, 15) is 21.4 Å². The average molecular weight is 503 g/mol. The lowest BCUT2D eigenvalue weighted by Gasteiger charge is -2.17. The molecule has 0 radical (unpaired) electrons. The Morgan fingerprint density at radius 3 is 1.94 bits per heavy atom. The SMILES string of the molecule is Cc1ccc(S(=O)(=O)OCCOCCOCCOC(C)c2cc(C)ccc2S(=O)(=O)O)cc1. The van der Waals surface area contributed by atoms with Gasteiger partial charge >= 0.3 is 0 Å². The molecule has 2 aromatic rings. The van der Waals surface area contributed by atoms with E-state index in [-0.39, 0.29) is 49.4 Å². The maximum absolute atomic E-state index is 12.0. The molecule has 2 aromatic carbocycles. The molecule has 9 nitrogen and oxygen atoms in total. The van der Waals surface area contributed by atoms with Gasteiger partial charge in [0.15, 0.2) is 0 Å². The Balaban J connectivity index is 1.60. The lowest BCUT2D eigenvalue weighted by atomic mass is 10.1. The number of ether oxygens (including phenoxy) is 3. The van der Waals surface area contributed by atoms with Gasteiger partial charge in [-0.1, -0.05) is 35.4 Å². The van der Waals surface area contributed by atoms with Gasteiger partial charge in [0.05, 0.1) is 55.5 Å². The molecule has 1 unspecified atom stereocenters. The highest BCUT2D eigenvalue weighted by molar-refractivity contribution is 7.86. The normalized spacial score (nSPS) is 13.2. The van der Waals surface area contributed by atoms with Crippen molar-refractivity contribution in [2.24, 2.45) is 0 Å². The van der Waals surface area contributed by atoms with Crippen molar-refractivity contribution in [1.82, 2.24) is 0 Å². The predicted molar refractivity (Wildman–Crippen MR) is 121 cm³/mol. The summed E-state index contributed by atoms with van der Waals surface area (Å²) in [4.78, 5) is -0.0819. The van der Waals surface area contributed by atoms with Gasteiger partial charge in [-0.25, -0.2) is 0 Å². The first kappa shape index (κ1) is 27.4. The highest BCUT2D eigenvalue weighted by atomic mass is 32.2. The van der Waals surface area contributed by atoms with Crippen LogP contribution >= 0.6 is 0 Å². The average Bonchev–Trinajstić information content (AvgIpc) is 2.74. The first-order valence-electron chi connectivity index (χ1n) is 10.3. The van der Waals surface area contributed by atoms with Gasteiger partial charge in [-0.15, -0.1) is 0 Å². The van der Waals surface area contributed by atoms with Crippen molar-refractivity contribution in [1.29, 1.82) is 0 Å². The van der Waals surface area contributed by atoms with Gasteiger partial charge in [0.25, 0.3) is 20.2 Å². The largest absolute Gasteiger partial charge is 0.377 e. The monoisotopic (exact) mass is 502 g/mol. The Hall–Kier alpha value is -1.86. The van der Waals surface area contributed by atoms with Crippen molar-refractivity contribution in [2.45, 2.75) is 36.7 Å². The molecule has 0 bridgehead atoms. The molecule has 0 aromatic heterocycles. The number of hydrogen-bond donors (Lipinski definition) is 1. The summed E-state index contributed by atoms with van der Waals surface area (Å²) in [5.74, 6) is 0. The maximum atomic E-state index is 12.0. The standard InChI is InChI=1S/C22H30O9S2/c1-17-4-7-20(8-5-17)33(26,27)31-15-13-29-11-10-28-12-14-30-19(3)21-16-18(2)6-9-22(21)32(23,24)25/h4-9,16,19H,10-15H2,1-3H3,(H,23,24,25). The minimum absolute atomic E-state index is 0.0910. The zero-order valence-electron chi connectivity index (χ0n) is 18.9. The van der Waals surface area contributed by atoms with Crippen molar-refractivity contribution < 1.29 is 39.8 Å². The summed E-state index contributed by atoms with van der Waals surface area (Å²) in [6.07, 6.45) is -0.561. The van der Waals surface area contributed by atoms with Crippen molar-refractivity contribution in [3.05, 3.63) is 59.2 Å². The molecule has 33 heavy (non-hydrogen) atoms. The molecule has 0 spiro atoms. The quantitative estimate of drug-likeness (QED) is 0.236. The van der Waals surface area contributed by atoms with Crippen molar-refractivity contribution in [3.63, 3.8) is 0 Å². The second kappa shape index (κ2) is 12.6. The summed E-state index contributed by atoms with van der Waals surface area (Å²) in [6, 6.07) is 11.0. The molecule has 1 N–H and O–H groups in total. The van der Waals surface area contributed by atoms with E-state index in [0.717, 1.165) is 11.1 Å². The second-order valence-corrected chi connectivity index (χ2v) is 10.3. The third-order valence-electron chi connectivity index (χ3n) is 4.62. The fraction of sp³-hybridized carbons (Fsp3) is 0.455. The van der Waals surface area contributed by atoms with Crippen LogP contribution in [0.3, 0.4) is 0 Å². The van der Waals surface area contributed by atoms with Crippen LogP contribution in [0.25, 0.3) is 0 Å². The third-order valence-corrected chi connectivity index (χ3v) is 6.88. The van der Waals surface area contributed by atoms with E-state index in [1.807, 2.05) is 13.8 Å². The number of benzene rings is 2. The number of rotatable bonds is 14. The Morgan fingerprint density at radius 2 is 1.33 bits per heavy atom. The molecule has 0 aliphatic heterocycles. The van der Waals surface area contributed by atoms with Crippen LogP contribution in [-0.4, -0.2) is 61.0 Å². The topological polar surface area (TPSA) is 125 Å². The molecule has 0 heterocycles. The Bertz CT molecular complexity index is 1100. The zero-order chi connectivity index (χ0) is 24.5. The molecule has 2 rings (SSSR count). The van der Waals surface area contributed by atoms with Crippen LogP contribution in [0.4, 0.5) is 0 Å². The first-order chi connectivity index (χ1) is 15.5. The van der Waals surface area contributed by atoms with Crippen LogP contribution in [0.2, 0.25) is 0 Å². The minimum atomic E-state index is -4.35. The molecule has 11 heteroatoms. The summed E-state index contributed by atoms with van der Waals surface area (Å²) in [5.41, 5.74) is 2.17. The van der Waals surface area contributed by atoms with Gasteiger partial charge in [0.1, 0.15) is 0 Å². The van der Waals surface area contributed by atoms with Gasteiger partial charge < -0.3 is 14.2 Å². The molecule has 0 aliphatic carbocycles. The third kappa shape index (κ3) is 9.13. The Labute approximate surface area is 195 Å². The van der Waals surface area contributed by atoms with Crippen molar-refractivity contribution in [2.75, 3.05) is 39.6 Å². The summed E-state index contributed by atoms with van der Waals surface area (Å²) < 4.78 is 77.8. The molecule has 184 valence electrons. The smallest absolute Gasteiger partial charge is 0.297 e. The van der Waals surface area contributed by atoms with E-state index in [0.29, 0.717) is 5.56 Å². The number of aryl methyl sites for hydroxylation is 2. The Kier molecular flexibility index (Phi) is 10.4. The van der Waals surface area contributed by atoms with Gasteiger partial charge in [-0.05, 0) is 39.0 Å². The fourth-order valence-corrected chi connectivity index (χ4v) is 4.55. The van der Waals surface area contributed by atoms with Crippen molar-refractivity contribution in [3.8, 4) is 0 Å². The van der Waals surface area contributed by atoms with Crippen LogP contribution in [-0.2, 0) is 38.6 Å². The summed E-state index contributed by atoms with van der Waals surface area (Å²) in [6.45, 7) is 6.32. The van der Waals surface area contributed by atoms with Gasteiger partial charge in [-0.3, -0.25) is 8.74 Å². The van der Waals surface area contributed by atoms with Gasteiger partial charge in [0, 0.05) is 5.56 Å². The van der Waals surface area contributed by atoms with Crippen molar-refractivity contribution >= 4 is 20.2 Å². The summed E-state index contributed by atoms with van der Waals surface area (Å²) in [5, 5.41) is 0. The van der Waals surface area contributed by atoms with E-state index < -0.39 is 26.3 Å². The Morgan fingerprint density at radius 1 is 0.788 bits per heavy atom. The van der Waals surface area contributed by atoms with E-state index in [1.54, 1.807) is 31.2 Å². The first-order valence-corrected chi connectivity index (χ1v) is 13.2. The lowest BCUT2D eigenvalue weighted by molar-refractivity contribution is -0.0100. The molecular weight excluding hydrogens is 472 g/mol. The van der Waals surface area contributed by atoms with E-state index in [2.05, 4.69) is 0 Å². The summed E-state index contributed by atoms with van der Waals surface area (Å²) >= 11 is 0. The lowest BCUT2D eigenvalue weighted by Crippen LogP contribution is -2.15. The van der Waals surface area contributed by atoms with E-state index in [1.165, 1.54) is 18.2 Å². The minimum Gasteiger partial charge on any atom is -0.377 e. The highest BCUT2D eigenvalue weighted by Crippen LogP contribution is 2.26.